The van der Waals surface area contributed by atoms with Crippen LogP contribution < -0.4 is 15.6 Å². The van der Waals surface area contributed by atoms with Crippen LogP contribution in [-0.2, 0) is 13.1 Å². The van der Waals surface area contributed by atoms with Crippen molar-refractivity contribution >= 4 is 16.9 Å². The van der Waals surface area contributed by atoms with Gasteiger partial charge in [-0.25, -0.2) is 4.98 Å². The van der Waals surface area contributed by atoms with Crippen LogP contribution in [0.3, 0.4) is 0 Å². The van der Waals surface area contributed by atoms with E-state index in [1.54, 1.807) is 30.0 Å². The topological polar surface area (TPSA) is 73.2 Å². The molecule has 6 nitrogen and oxygen atoms in total. The lowest BCUT2D eigenvalue weighted by molar-refractivity contribution is 0.0949. The van der Waals surface area contributed by atoms with Gasteiger partial charge in [-0.3, -0.25) is 14.2 Å². The van der Waals surface area contributed by atoms with Gasteiger partial charge in [0.25, 0.3) is 11.5 Å². The van der Waals surface area contributed by atoms with Gasteiger partial charge in [-0.15, -0.1) is 0 Å². The number of methoxy groups -OCH3 is 1. The molecule has 0 unspecified atom stereocenters. The molecule has 2 heterocycles. The molecule has 0 radical (unpaired) electrons. The first-order valence-corrected chi connectivity index (χ1v) is 9.60. The molecule has 0 aliphatic carbocycles. The Morgan fingerprint density at radius 2 is 1.80 bits per heavy atom. The Balaban J connectivity index is 1.69. The molecule has 2 aromatic carbocycles. The van der Waals surface area contributed by atoms with Gasteiger partial charge in [-0.2, -0.15) is 0 Å². The molecular weight excluding hydrogens is 378 g/mol. The molecule has 6 heteroatoms. The van der Waals surface area contributed by atoms with Crippen LogP contribution >= 0.6 is 0 Å². The Morgan fingerprint density at radius 3 is 2.60 bits per heavy atom. The number of aromatic nitrogens is 2. The molecule has 4 aromatic rings. The summed E-state index contributed by atoms with van der Waals surface area (Å²) in [5.41, 5.74) is 2.05. The highest BCUT2D eigenvalue weighted by Crippen LogP contribution is 2.17. The second-order valence-electron chi connectivity index (χ2n) is 6.85. The first kappa shape index (κ1) is 19.4. The second kappa shape index (κ2) is 8.61. The van der Waals surface area contributed by atoms with Gasteiger partial charge in [-0.05, 0) is 29.8 Å². The average molecular weight is 399 g/mol. The molecule has 0 fully saturated rings. The standard InChI is InChI=1S/C24H21N3O3/c1-30-21-12-6-5-10-19(21)15-26-23(28)20-14-18-11-7-13-25-22(18)27(24(20)29)16-17-8-3-2-4-9-17/h2-14H,15-16H2,1H3,(H,26,28). The van der Waals surface area contributed by atoms with Crippen LogP contribution in [0.15, 0.2) is 83.8 Å². The van der Waals surface area contributed by atoms with Crippen molar-refractivity contribution in [1.82, 2.24) is 14.9 Å². The predicted octanol–water partition coefficient (Wildman–Crippen LogP) is 3.38. The summed E-state index contributed by atoms with van der Waals surface area (Å²) in [6.07, 6.45) is 1.64. The van der Waals surface area contributed by atoms with Crippen molar-refractivity contribution in [2.45, 2.75) is 13.1 Å². The molecule has 0 bridgehead atoms. The van der Waals surface area contributed by atoms with Gasteiger partial charge in [-0.1, -0.05) is 48.5 Å². The number of nitrogens with zero attached hydrogens (tertiary/aromatic N) is 2. The van der Waals surface area contributed by atoms with Gasteiger partial charge in [0.05, 0.1) is 13.7 Å². The number of para-hydroxylation sites is 1. The first-order valence-electron chi connectivity index (χ1n) is 9.60. The number of hydrogen-bond donors (Lipinski definition) is 1. The Hall–Kier alpha value is -3.93. The lowest BCUT2D eigenvalue weighted by Gasteiger charge is -2.13. The van der Waals surface area contributed by atoms with E-state index in [0.29, 0.717) is 17.9 Å². The SMILES string of the molecule is COc1ccccc1CNC(=O)c1cc2cccnc2n(Cc2ccccc2)c1=O. The minimum Gasteiger partial charge on any atom is -0.496 e. The Morgan fingerprint density at radius 1 is 1.03 bits per heavy atom. The van der Waals surface area contributed by atoms with Crippen molar-refractivity contribution in [2.75, 3.05) is 7.11 Å². The smallest absolute Gasteiger partial charge is 0.265 e. The average Bonchev–Trinajstić information content (AvgIpc) is 2.80. The molecular formula is C24H21N3O3. The van der Waals surface area contributed by atoms with Crippen LogP contribution in [0.1, 0.15) is 21.5 Å². The van der Waals surface area contributed by atoms with E-state index in [9.17, 15) is 9.59 Å². The van der Waals surface area contributed by atoms with E-state index in [2.05, 4.69) is 10.3 Å². The third-order valence-corrected chi connectivity index (χ3v) is 4.91. The first-order chi connectivity index (χ1) is 14.7. The summed E-state index contributed by atoms with van der Waals surface area (Å²) >= 11 is 0. The number of fused-ring (bicyclic) bond motifs is 1. The van der Waals surface area contributed by atoms with Crippen molar-refractivity contribution in [3.05, 3.63) is 106 Å². The summed E-state index contributed by atoms with van der Waals surface area (Å²) in [7, 11) is 1.58. The van der Waals surface area contributed by atoms with E-state index in [-0.39, 0.29) is 17.7 Å². The van der Waals surface area contributed by atoms with E-state index < -0.39 is 5.91 Å². The van der Waals surface area contributed by atoms with Crippen LogP contribution in [0.5, 0.6) is 5.75 Å². The zero-order chi connectivity index (χ0) is 20.9. The number of carbonyl (C=O) groups excluding carboxylic acids is 1. The number of benzene rings is 2. The number of nitrogens with one attached hydrogen (secondary N) is 1. The molecule has 1 amide bonds. The van der Waals surface area contributed by atoms with Crippen LogP contribution in [-0.4, -0.2) is 22.6 Å². The molecule has 0 aliphatic rings. The van der Waals surface area contributed by atoms with E-state index >= 15 is 0 Å². The number of ether oxygens (including phenoxy) is 1. The summed E-state index contributed by atoms with van der Waals surface area (Å²) in [5, 5.41) is 3.57. The minimum atomic E-state index is -0.432. The molecule has 0 atom stereocenters. The van der Waals surface area contributed by atoms with Crippen molar-refractivity contribution in [2.24, 2.45) is 0 Å². The van der Waals surface area contributed by atoms with E-state index in [1.165, 1.54) is 0 Å². The largest absolute Gasteiger partial charge is 0.496 e. The molecule has 2 aromatic heterocycles. The quantitative estimate of drug-likeness (QED) is 0.539. The fraction of sp³-hybridized carbons (Fsp3) is 0.125. The van der Waals surface area contributed by atoms with E-state index in [0.717, 1.165) is 16.5 Å². The van der Waals surface area contributed by atoms with Crippen LogP contribution in [0.4, 0.5) is 0 Å². The number of rotatable bonds is 6. The van der Waals surface area contributed by atoms with Crippen molar-refractivity contribution < 1.29 is 9.53 Å². The summed E-state index contributed by atoms with van der Waals surface area (Å²) in [5.74, 6) is 0.250. The number of hydrogen-bond acceptors (Lipinski definition) is 4. The molecule has 30 heavy (non-hydrogen) atoms. The molecule has 0 saturated heterocycles. The normalized spacial score (nSPS) is 10.7. The Bertz CT molecular complexity index is 1250. The lowest BCUT2D eigenvalue weighted by Crippen LogP contribution is -2.33. The summed E-state index contributed by atoms with van der Waals surface area (Å²) in [6, 6.07) is 22.3. The van der Waals surface area contributed by atoms with Crippen LogP contribution in [0, 0.1) is 0 Å². The van der Waals surface area contributed by atoms with E-state index in [1.807, 2.05) is 60.7 Å². The van der Waals surface area contributed by atoms with Gasteiger partial charge >= 0.3 is 0 Å². The van der Waals surface area contributed by atoms with Crippen LogP contribution in [0.25, 0.3) is 11.0 Å². The monoisotopic (exact) mass is 399 g/mol. The third-order valence-electron chi connectivity index (χ3n) is 4.91. The highest BCUT2D eigenvalue weighted by molar-refractivity contribution is 5.96. The zero-order valence-electron chi connectivity index (χ0n) is 16.5. The summed E-state index contributed by atoms with van der Waals surface area (Å²) in [4.78, 5) is 30.5. The van der Waals surface area contributed by atoms with Gasteiger partial charge in [0, 0.05) is 23.7 Å². The van der Waals surface area contributed by atoms with Gasteiger partial charge in [0.15, 0.2) is 0 Å². The highest BCUT2D eigenvalue weighted by atomic mass is 16.5. The van der Waals surface area contributed by atoms with Crippen LogP contribution in [0.2, 0.25) is 0 Å². The minimum absolute atomic E-state index is 0.0846. The Kier molecular flexibility index (Phi) is 5.57. The number of pyridine rings is 2. The number of amides is 1. The maximum Gasteiger partial charge on any atom is 0.265 e. The molecule has 0 saturated carbocycles. The maximum atomic E-state index is 13.2. The van der Waals surface area contributed by atoms with Crippen molar-refractivity contribution in [1.29, 1.82) is 0 Å². The van der Waals surface area contributed by atoms with E-state index in [4.69, 9.17) is 4.74 Å². The lowest BCUT2D eigenvalue weighted by atomic mass is 10.1. The van der Waals surface area contributed by atoms with Gasteiger partial charge < -0.3 is 10.1 Å². The van der Waals surface area contributed by atoms with Crippen molar-refractivity contribution in [3.63, 3.8) is 0 Å². The predicted molar refractivity (Wildman–Crippen MR) is 116 cm³/mol. The molecule has 0 aliphatic heterocycles. The van der Waals surface area contributed by atoms with Crippen molar-refractivity contribution in [3.8, 4) is 5.75 Å². The third kappa shape index (κ3) is 3.93. The molecule has 0 spiro atoms. The highest BCUT2D eigenvalue weighted by Gasteiger charge is 2.17. The summed E-state index contributed by atoms with van der Waals surface area (Å²) in [6.45, 7) is 0.590. The summed E-state index contributed by atoms with van der Waals surface area (Å²) < 4.78 is 6.87. The molecule has 150 valence electrons. The van der Waals surface area contributed by atoms with Gasteiger partial charge in [0.1, 0.15) is 17.0 Å². The zero-order valence-corrected chi connectivity index (χ0v) is 16.5. The molecule has 4 rings (SSSR count). The fourth-order valence-electron chi connectivity index (χ4n) is 3.40. The fourth-order valence-corrected chi connectivity index (χ4v) is 3.40. The maximum absolute atomic E-state index is 13.2. The number of carbonyl (C=O) groups is 1. The molecule has 1 N–H and O–H groups in total. The Labute approximate surface area is 173 Å². The van der Waals surface area contributed by atoms with Gasteiger partial charge in [0.2, 0.25) is 0 Å². The second-order valence-corrected chi connectivity index (χ2v) is 6.85.